The second kappa shape index (κ2) is 8.39. The average molecular weight is 413 g/mol. The maximum atomic E-state index is 13.6. The highest BCUT2D eigenvalue weighted by Gasteiger charge is 2.44. The van der Waals surface area contributed by atoms with Crippen LogP contribution in [0.2, 0.25) is 0 Å². The number of hydrogen-bond acceptors (Lipinski definition) is 5. The summed E-state index contributed by atoms with van der Waals surface area (Å²) in [6, 6.07) is 12.8. The van der Waals surface area contributed by atoms with Gasteiger partial charge in [-0.05, 0) is 36.6 Å². The molecule has 8 heteroatoms. The first kappa shape index (κ1) is 20.3. The van der Waals surface area contributed by atoms with Gasteiger partial charge in [-0.15, -0.1) is 0 Å². The van der Waals surface area contributed by atoms with Crippen LogP contribution in [0.15, 0.2) is 48.5 Å². The van der Waals surface area contributed by atoms with Gasteiger partial charge in [0.25, 0.3) is 5.69 Å². The fraction of sp³-hybridized carbons (Fsp3) is 0.409. The number of piperazine rings is 1. The van der Waals surface area contributed by atoms with Gasteiger partial charge in [0, 0.05) is 57.2 Å². The Bertz CT molecular complexity index is 920. The lowest BCUT2D eigenvalue weighted by Crippen LogP contribution is -2.56. The predicted molar refractivity (Wildman–Crippen MR) is 110 cm³/mol. The Kier molecular flexibility index (Phi) is 5.67. The maximum absolute atomic E-state index is 13.6. The monoisotopic (exact) mass is 413 g/mol. The Balaban J connectivity index is 1.50. The molecule has 0 atom stereocenters. The number of nitro benzene ring substituents is 1. The highest BCUT2D eigenvalue weighted by atomic mass is 19.1. The van der Waals surface area contributed by atoms with Gasteiger partial charge in [-0.2, -0.15) is 0 Å². The smallest absolute Gasteiger partial charge is 0.271 e. The Morgan fingerprint density at radius 3 is 2.33 bits per heavy atom. The molecule has 158 valence electrons. The van der Waals surface area contributed by atoms with Crippen LogP contribution < -0.4 is 4.90 Å². The number of amides is 1. The Morgan fingerprint density at radius 2 is 1.70 bits per heavy atom. The molecule has 0 N–H and O–H groups in total. The number of nitro groups is 1. The minimum Gasteiger partial charge on any atom is -0.381 e. The summed E-state index contributed by atoms with van der Waals surface area (Å²) in [6.07, 6.45) is 1.14. The molecule has 0 bridgehead atoms. The first-order chi connectivity index (χ1) is 14.5. The number of ether oxygens (including phenoxy) is 1. The second-order valence-electron chi connectivity index (χ2n) is 7.76. The molecule has 30 heavy (non-hydrogen) atoms. The molecule has 2 saturated heterocycles. The van der Waals surface area contributed by atoms with Crippen molar-refractivity contribution in [2.45, 2.75) is 18.3 Å². The quantitative estimate of drug-likeness (QED) is 0.569. The summed E-state index contributed by atoms with van der Waals surface area (Å²) in [6.45, 7) is 3.26. The van der Waals surface area contributed by atoms with E-state index < -0.39 is 10.3 Å². The number of carbonyl (C=O) groups is 1. The SMILES string of the molecule is O=C(N1CCN(c2cccc([N+](=O)[O-])c2)CC1)C1(c2ccc(F)cc2)CCOCC1. The third kappa shape index (κ3) is 3.87. The summed E-state index contributed by atoms with van der Waals surface area (Å²) in [5, 5.41) is 11.0. The second-order valence-corrected chi connectivity index (χ2v) is 7.76. The van der Waals surface area contributed by atoms with E-state index in [9.17, 15) is 19.3 Å². The highest BCUT2D eigenvalue weighted by molar-refractivity contribution is 5.88. The van der Waals surface area contributed by atoms with Crippen molar-refractivity contribution in [1.29, 1.82) is 0 Å². The molecule has 2 fully saturated rings. The van der Waals surface area contributed by atoms with Crippen LogP contribution in [0, 0.1) is 15.9 Å². The molecular weight excluding hydrogens is 389 g/mol. The topological polar surface area (TPSA) is 75.9 Å². The lowest BCUT2D eigenvalue weighted by atomic mass is 9.73. The zero-order valence-corrected chi connectivity index (χ0v) is 16.6. The molecule has 1 amide bonds. The van der Waals surface area contributed by atoms with E-state index in [0.717, 1.165) is 11.3 Å². The average Bonchev–Trinajstić information content (AvgIpc) is 2.79. The molecule has 2 heterocycles. The normalized spacial score (nSPS) is 18.8. The molecule has 0 unspecified atom stereocenters. The van der Waals surface area contributed by atoms with Crippen LogP contribution in [-0.2, 0) is 14.9 Å². The summed E-state index contributed by atoms with van der Waals surface area (Å²) in [7, 11) is 0. The van der Waals surface area contributed by atoms with Gasteiger partial charge in [-0.3, -0.25) is 14.9 Å². The van der Waals surface area contributed by atoms with Crippen molar-refractivity contribution in [2.24, 2.45) is 0 Å². The number of carbonyl (C=O) groups excluding carboxylic acids is 1. The number of halogens is 1. The van der Waals surface area contributed by atoms with Crippen LogP contribution in [0.3, 0.4) is 0 Å². The van der Waals surface area contributed by atoms with E-state index in [-0.39, 0.29) is 17.4 Å². The minimum atomic E-state index is -0.695. The van der Waals surface area contributed by atoms with Gasteiger partial charge in [0.1, 0.15) is 5.82 Å². The van der Waals surface area contributed by atoms with Crippen molar-refractivity contribution in [2.75, 3.05) is 44.3 Å². The van der Waals surface area contributed by atoms with Crippen molar-refractivity contribution in [1.82, 2.24) is 4.90 Å². The number of anilines is 1. The van der Waals surface area contributed by atoms with Gasteiger partial charge in [0.2, 0.25) is 5.91 Å². The van der Waals surface area contributed by atoms with Crippen molar-refractivity contribution in [3.8, 4) is 0 Å². The number of nitrogens with zero attached hydrogens (tertiary/aromatic N) is 3. The van der Waals surface area contributed by atoms with E-state index in [1.165, 1.54) is 18.2 Å². The molecule has 0 saturated carbocycles. The van der Waals surface area contributed by atoms with Gasteiger partial charge in [0.05, 0.1) is 10.3 Å². The third-order valence-electron chi connectivity index (χ3n) is 6.13. The number of benzene rings is 2. The van der Waals surface area contributed by atoms with Crippen LogP contribution in [0.25, 0.3) is 0 Å². The van der Waals surface area contributed by atoms with E-state index in [1.54, 1.807) is 24.3 Å². The first-order valence-electron chi connectivity index (χ1n) is 10.1. The summed E-state index contributed by atoms with van der Waals surface area (Å²) in [5.74, 6) is -0.268. The lowest BCUT2D eigenvalue weighted by molar-refractivity contribution is -0.384. The van der Waals surface area contributed by atoms with Gasteiger partial charge in [0.15, 0.2) is 0 Å². The molecule has 0 radical (unpaired) electrons. The molecule has 2 aliphatic heterocycles. The van der Waals surface area contributed by atoms with Crippen molar-refractivity contribution in [3.63, 3.8) is 0 Å². The molecule has 0 aromatic heterocycles. The maximum Gasteiger partial charge on any atom is 0.271 e. The summed E-state index contributed by atoms with van der Waals surface area (Å²) >= 11 is 0. The fourth-order valence-electron chi connectivity index (χ4n) is 4.39. The van der Waals surface area contributed by atoms with Crippen molar-refractivity contribution < 1.29 is 18.8 Å². The zero-order chi connectivity index (χ0) is 21.1. The van der Waals surface area contributed by atoms with E-state index >= 15 is 0 Å². The zero-order valence-electron chi connectivity index (χ0n) is 16.6. The van der Waals surface area contributed by atoms with Gasteiger partial charge < -0.3 is 14.5 Å². The standard InChI is InChI=1S/C22H24FN3O4/c23-18-6-4-17(5-7-18)22(8-14-30-15-9-22)21(27)25-12-10-24(11-13-25)19-2-1-3-20(16-19)26(28)29/h1-7,16H,8-15H2. The van der Waals surface area contributed by atoms with Gasteiger partial charge in [-0.25, -0.2) is 4.39 Å². The number of non-ortho nitro benzene ring substituents is 1. The molecule has 2 aliphatic rings. The number of hydrogen-bond donors (Lipinski definition) is 0. The lowest BCUT2D eigenvalue weighted by Gasteiger charge is -2.43. The molecule has 0 spiro atoms. The van der Waals surface area contributed by atoms with Crippen LogP contribution in [0.4, 0.5) is 15.8 Å². The Morgan fingerprint density at radius 1 is 1.03 bits per heavy atom. The summed E-state index contributed by atoms with van der Waals surface area (Å²) in [5.41, 5.74) is 0.983. The van der Waals surface area contributed by atoms with Crippen molar-refractivity contribution >= 4 is 17.3 Å². The highest BCUT2D eigenvalue weighted by Crippen LogP contribution is 2.37. The first-order valence-corrected chi connectivity index (χ1v) is 10.1. The fourth-order valence-corrected chi connectivity index (χ4v) is 4.39. The third-order valence-corrected chi connectivity index (χ3v) is 6.13. The van der Waals surface area contributed by atoms with E-state index in [1.807, 2.05) is 11.0 Å². The van der Waals surface area contributed by atoms with Crippen LogP contribution >= 0.6 is 0 Å². The molecule has 2 aromatic carbocycles. The molecular formula is C22H24FN3O4. The van der Waals surface area contributed by atoms with Crippen LogP contribution in [0.5, 0.6) is 0 Å². The van der Waals surface area contributed by atoms with Crippen LogP contribution in [-0.4, -0.2) is 55.1 Å². The van der Waals surface area contributed by atoms with Crippen molar-refractivity contribution in [3.05, 3.63) is 70.0 Å². The van der Waals surface area contributed by atoms with Crippen LogP contribution in [0.1, 0.15) is 18.4 Å². The summed E-state index contributed by atoms with van der Waals surface area (Å²) < 4.78 is 19.0. The van der Waals surface area contributed by atoms with Gasteiger partial charge in [-0.1, -0.05) is 18.2 Å². The largest absolute Gasteiger partial charge is 0.381 e. The van der Waals surface area contributed by atoms with E-state index in [4.69, 9.17) is 4.74 Å². The van der Waals surface area contributed by atoms with E-state index in [0.29, 0.717) is 52.2 Å². The Hall–Kier alpha value is -3.00. The number of rotatable bonds is 4. The molecule has 7 nitrogen and oxygen atoms in total. The Labute approximate surface area is 174 Å². The predicted octanol–water partition coefficient (Wildman–Crippen LogP) is 3.13. The van der Waals surface area contributed by atoms with Gasteiger partial charge >= 0.3 is 0 Å². The molecule has 0 aliphatic carbocycles. The minimum absolute atomic E-state index is 0.0519. The van der Waals surface area contributed by atoms with E-state index in [2.05, 4.69) is 4.90 Å². The molecule has 2 aromatic rings. The molecule has 4 rings (SSSR count). The summed E-state index contributed by atoms with van der Waals surface area (Å²) in [4.78, 5) is 28.2.